The lowest BCUT2D eigenvalue weighted by molar-refractivity contribution is 0.519. The second kappa shape index (κ2) is 5.28. The molecule has 0 atom stereocenters. The van der Waals surface area contributed by atoms with Crippen LogP contribution >= 0.6 is 0 Å². The van der Waals surface area contributed by atoms with E-state index in [2.05, 4.69) is 101 Å². The van der Waals surface area contributed by atoms with Crippen molar-refractivity contribution in [2.75, 3.05) is 0 Å². The van der Waals surface area contributed by atoms with Crippen LogP contribution in [0.25, 0.3) is 21.5 Å². The van der Waals surface area contributed by atoms with Crippen molar-refractivity contribution < 1.29 is 0 Å². The molecule has 1 aliphatic carbocycles. The minimum atomic E-state index is -0.0911. The third-order valence-corrected chi connectivity index (χ3v) is 5.48. The Balaban J connectivity index is 2.04. The van der Waals surface area contributed by atoms with Crippen LogP contribution in [0.1, 0.15) is 40.2 Å². The molecule has 0 unspecified atom stereocenters. The SMILES string of the molecule is CC(C)(C)C1=C=C(C(C)(C)c2c3ccccc3c3cccc[c-]23)C=C1. The minimum Gasteiger partial charge on any atom is -0.129 e. The molecule has 126 valence electrons. The normalized spacial score (nSPS) is 15.1. The maximum Gasteiger partial charge on any atom is 0.00886 e. The Morgan fingerprint density at radius 3 is 2.08 bits per heavy atom. The first-order valence-electron chi connectivity index (χ1n) is 9.07. The van der Waals surface area contributed by atoms with Crippen LogP contribution in [-0.2, 0) is 5.41 Å². The molecule has 0 bridgehead atoms. The van der Waals surface area contributed by atoms with Crippen molar-refractivity contribution in [3.8, 4) is 0 Å². The predicted molar refractivity (Wildman–Crippen MR) is 109 cm³/mol. The summed E-state index contributed by atoms with van der Waals surface area (Å²) in [5, 5.41) is 5.42. The van der Waals surface area contributed by atoms with Crippen LogP contribution in [0.15, 0.2) is 77.6 Å². The summed E-state index contributed by atoms with van der Waals surface area (Å²) >= 11 is 0. The highest BCUT2D eigenvalue weighted by Crippen LogP contribution is 2.45. The average molecular weight is 325 g/mol. The fraction of sp³-hybridized carbons (Fsp3) is 0.280. The summed E-state index contributed by atoms with van der Waals surface area (Å²) in [7, 11) is 0. The fourth-order valence-corrected chi connectivity index (χ4v) is 4.02. The van der Waals surface area contributed by atoms with Gasteiger partial charge in [0.05, 0.1) is 0 Å². The number of benzene rings is 2. The molecule has 0 heterocycles. The Bertz CT molecular complexity index is 1010. The van der Waals surface area contributed by atoms with Gasteiger partial charge in [0.15, 0.2) is 0 Å². The van der Waals surface area contributed by atoms with Crippen LogP contribution in [0.4, 0.5) is 0 Å². The van der Waals surface area contributed by atoms with Gasteiger partial charge in [-0.1, -0.05) is 69.8 Å². The molecule has 0 aromatic heterocycles. The third-order valence-electron chi connectivity index (χ3n) is 5.48. The zero-order valence-corrected chi connectivity index (χ0v) is 15.8. The van der Waals surface area contributed by atoms with E-state index in [-0.39, 0.29) is 10.8 Å². The molecule has 0 saturated heterocycles. The van der Waals surface area contributed by atoms with Crippen LogP contribution in [0.5, 0.6) is 0 Å². The summed E-state index contributed by atoms with van der Waals surface area (Å²) in [6, 6.07) is 17.6. The van der Waals surface area contributed by atoms with E-state index in [9.17, 15) is 0 Å². The van der Waals surface area contributed by atoms with E-state index in [1.165, 1.54) is 38.3 Å². The maximum atomic E-state index is 3.71. The Hall–Kier alpha value is -2.43. The molecular weight excluding hydrogens is 300 g/mol. The number of allylic oxidation sites excluding steroid dienone is 3. The van der Waals surface area contributed by atoms with E-state index in [1.807, 2.05) is 0 Å². The van der Waals surface area contributed by atoms with Gasteiger partial charge in [-0.15, -0.1) is 46.2 Å². The highest BCUT2D eigenvalue weighted by Gasteiger charge is 2.29. The summed E-state index contributed by atoms with van der Waals surface area (Å²) in [5.41, 5.74) is 7.73. The zero-order chi connectivity index (χ0) is 17.8. The summed E-state index contributed by atoms with van der Waals surface area (Å²) in [5.74, 6) is 0. The van der Waals surface area contributed by atoms with Gasteiger partial charge in [-0.3, -0.25) is 0 Å². The topological polar surface area (TPSA) is 0 Å². The molecule has 0 nitrogen and oxygen atoms in total. The highest BCUT2D eigenvalue weighted by atomic mass is 14.3. The summed E-state index contributed by atoms with van der Waals surface area (Å²) in [6.07, 6.45) is 4.50. The number of fused-ring (bicyclic) bond motifs is 3. The van der Waals surface area contributed by atoms with Crippen LogP contribution in [0.3, 0.4) is 0 Å². The largest absolute Gasteiger partial charge is 0.129 e. The molecule has 0 heteroatoms. The van der Waals surface area contributed by atoms with Crippen molar-refractivity contribution in [3.05, 3.63) is 83.1 Å². The van der Waals surface area contributed by atoms with Gasteiger partial charge in [-0.2, -0.15) is 0 Å². The van der Waals surface area contributed by atoms with Gasteiger partial charge in [0.2, 0.25) is 0 Å². The Morgan fingerprint density at radius 1 is 0.760 bits per heavy atom. The van der Waals surface area contributed by atoms with Crippen molar-refractivity contribution in [3.63, 3.8) is 0 Å². The summed E-state index contributed by atoms with van der Waals surface area (Å²) < 4.78 is 0. The number of hydrogen-bond donors (Lipinski definition) is 0. The summed E-state index contributed by atoms with van der Waals surface area (Å²) in [4.78, 5) is 0. The molecule has 0 radical (unpaired) electrons. The van der Waals surface area contributed by atoms with Crippen LogP contribution in [-0.4, -0.2) is 0 Å². The lowest BCUT2D eigenvalue weighted by Gasteiger charge is -2.28. The standard InChI is InChI=1S/C25H25/c1-24(2,3)17-14-15-18(16-17)25(4,5)23-21-12-8-6-10-19(21)20-11-7-9-13-22(20)23/h6-15H,1-5H3/q-1. The van der Waals surface area contributed by atoms with E-state index in [4.69, 9.17) is 0 Å². The number of rotatable bonds is 2. The van der Waals surface area contributed by atoms with Gasteiger partial charge in [0.25, 0.3) is 0 Å². The first-order valence-corrected chi connectivity index (χ1v) is 9.07. The predicted octanol–water partition coefficient (Wildman–Crippen LogP) is 7.06. The van der Waals surface area contributed by atoms with Crippen molar-refractivity contribution >= 4 is 21.5 Å². The lowest BCUT2D eigenvalue weighted by Crippen LogP contribution is -2.18. The highest BCUT2D eigenvalue weighted by molar-refractivity contribution is 6.15. The van der Waals surface area contributed by atoms with Crippen molar-refractivity contribution in [1.82, 2.24) is 0 Å². The molecule has 0 saturated carbocycles. The molecule has 1 aliphatic rings. The molecule has 0 fully saturated rings. The smallest absolute Gasteiger partial charge is 0.00886 e. The lowest BCUT2D eigenvalue weighted by atomic mass is 9.77. The summed E-state index contributed by atoms with van der Waals surface area (Å²) in [6.45, 7) is 11.4. The van der Waals surface area contributed by atoms with Crippen molar-refractivity contribution in [2.24, 2.45) is 5.41 Å². The molecule has 0 N–H and O–H groups in total. The Morgan fingerprint density at radius 2 is 1.40 bits per heavy atom. The Labute approximate surface area is 150 Å². The minimum absolute atomic E-state index is 0.0911. The zero-order valence-electron chi connectivity index (χ0n) is 15.8. The Kier molecular flexibility index (Phi) is 3.39. The van der Waals surface area contributed by atoms with E-state index < -0.39 is 0 Å². The van der Waals surface area contributed by atoms with E-state index in [1.54, 1.807) is 0 Å². The third kappa shape index (κ3) is 2.41. The first kappa shape index (κ1) is 16.1. The van der Waals surface area contributed by atoms with Gasteiger partial charge >= 0.3 is 0 Å². The van der Waals surface area contributed by atoms with Gasteiger partial charge < -0.3 is 0 Å². The second-order valence-corrected chi connectivity index (χ2v) is 8.63. The van der Waals surface area contributed by atoms with Crippen LogP contribution < -0.4 is 0 Å². The molecule has 0 amide bonds. The van der Waals surface area contributed by atoms with Gasteiger partial charge in [-0.05, 0) is 23.1 Å². The first-order chi connectivity index (χ1) is 11.8. The number of hydrogen-bond acceptors (Lipinski definition) is 0. The quantitative estimate of drug-likeness (QED) is 0.349. The molecule has 0 spiro atoms. The average Bonchev–Trinajstić information content (AvgIpc) is 3.18. The van der Waals surface area contributed by atoms with Crippen LogP contribution in [0, 0.1) is 5.41 Å². The molecule has 25 heavy (non-hydrogen) atoms. The van der Waals surface area contributed by atoms with E-state index in [0.29, 0.717) is 0 Å². The molecule has 3 aromatic carbocycles. The maximum absolute atomic E-state index is 3.71. The molecule has 4 rings (SSSR count). The molecule has 3 aromatic rings. The van der Waals surface area contributed by atoms with Crippen molar-refractivity contribution in [2.45, 2.75) is 40.0 Å². The van der Waals surface area contributed by atoms with Gasteiger partial charge in [0, 0.05) is 11.0 Å². The van der Waals surface area contributed by atoms with Gasteiger partial charge in [0.1, 0.15) is 0 Å². The van der Waals surface area contributed by atoms with Crippen LogP contribution in [0.2, 0.25) is 0 Å². The fourth-order valence-electron chi connectivity index (χ4n) is 4.02. The van der Waals surface area contributed by atoms with Crippen molar-refractivity contribution in [1.29, 1.82) is 0 Å². The second-order valence-electron chi connectivity index (χ2n) is 8.63. The molecular formula is C25H25-. The molecule has 0 aliphatic heterocycles. The van der Waals surface area contributed by atoms with E-state index in [0.717, 1.165) is 0 Å². The monoisotopic (exact) mass is 325 g/mol. The van der Waals surface area contributed by atoms with E-state index >= 15 is 0 Å². The van der Waals surface area contributed by atoms with Gasteiger partial charge in [-0.25, -0.2) is 0 Å².